The van der Waals surface area contributed by atoms with E-state index in [0.29, 0.717) is 53.1 Å². The summed E-state index contributed by atoms with van der Waals surface area (Å²) in [5, 5.41) is 2.82. The Balaban J connectivity index is 0.722. The summed E-state index contributed by atoms with van der Waals surface area (Å²) in [7, 11) is 0. The third kappa shape index (κ3) is 8.45. The summed E-state index contributed by atoms with van der Waals surface area (Å²) in [6.07, 6.45) is 10.0. The van der Waals surface area contributed by atoms with Gasteiger partial charge >= 0.3 is 0 Å². The summed E-state index contributed by atoms with van der Waals surface area (Å²) in [6.45, 7) is 5.48. The minimum absolute atomic E-state index is 0.0941. The zero-order valence-corrected chi connectivity index (χ0v) is 35.7. The van der Waals surface area contributed by atoms with Gasteiger partial charge in [-0.25, -0.2) is 18.5 Å². The Morgan fingerprint density at radius 1 is 0.873 bits per heavy atom. The lowest BCUT2D eigenvalue weighted by atomic mass is 9.87. The molecule has 4 fully saturated rings. The smallest absolute Gasteiger partial charge is 0.255 e. The van der Waals surface area contributed by atoms with Crippen molar-refractivity contribution in [2.24, 2.45) is 11.8 Å². The van der Waals surface area contributed by atoms with Crippen LogP contribution in [0.1, 0.15) is 94.7 Å². The first-order valence-corrected chi connectivity index (χ1v) is 23.4. The van der Waals surface area contributed by atoms with E-state index >= 15 is 8.78 Å². The van der Waals surface area contributed by atoms with E-state index in [2.05, 4.69) is 54.1 Å². The number of fused-ring (bicyclic) bond motifs is 2. The third-order valence-electron chi connectivity index (χ3n) is 13.7. The maximum atomic E-state index is 15.6. The Morgan fingerprint density at radius 3 is 2.40 bits per heavy atom. The number of H-pyrrole nitrogens is 1. The van der Waals surface area contributed by atoms with E-state index in [1.807, 2.05) is 24.3 Å². The van der Waals surface area contributed by atoms with Gasteiger partial charge in [0.25, 0.3) is 5.91 Å². The van der Waals surface area contributed by atoms with E-state index in [1.165, 1.54) is 17.8 Å². The number of nitrogens with zero attached hydrogens (tertiary/aromatic N) is 4. The van der Waals surface area contributed by atoms with Gasteiger partial charge in [0, 0.05) is 78.7 Å². The number of ketones is 1. The average Bonchev–Trinajstić information content (AvgIpc) is 3.91. The molecular weight excluding hydrogens is 825 g/mol. The minimum Gasteiger partial charge on any atom is -0.593 e. The summed E-state index contributed by atoms with van der Waals surface area (Å²) in [5.74, 6) is -1.93. The molecule has 1 aliphatic carbocycles. The van der Waals surface area contributed by atoms with Gasteiger partial charge in [-0.3, -0.25) is 24.5 Å². The van der Waals surface area contributed by atoms with Crippen LogP contribution in [0.3, 0.4) is 0 Å². The highest BCUT2D eigenvalue weighted by molar-refractivity contribution is 7.92. The number of likely N-dealkylation sites (tertiary alicyclic amines) is 1. The maximum Gasteiger partial charge on any atom is 0.255 e. The van der Waals surface area contributed by atoms with E-state index in [-0.39, 0.29) is 35.4 Å². The molecule has 0 bridgehead atoms. The molecule has 2 aromatic heterocycles. The fraction of sp³-hybridized carbons (Fsp3) is 0.396. The number of carbonyl (C=O) groups excluding carboxylic acids is 4. The molecule has 326 valence electrons. The second-order valence-corrected chi connectivity index (χ2v) is 19.1. The van der Waals surface area contributed by atoms with Crippen LogP contribution >= 0.6 is 0 Å². The van der Waals surface area contributed by atoms with E-state index in [4.69, 9.17) is 0 Å². The van der Waals surface area contributed by atoms with E-state index in [0.717, 1.165) is 99.7 Å². The van der Waals surface area contributed by atoms with E-state index in [9.17, 15) is 23.7 Å². The molecule has 1 unspecified atom stereocenters. The molecule has 3 N–H and O–H groups in total. The van der Waals surface area contributed by atoms with Gasteiger partial charge in [0.05, 0.1) is 16.9 Å². The Bertz CT molecular complexity index is 2600. The molecule has 1 saturated carbocycles. The number of aromatic nitrogens is 2. The lowest BCUT2D eigenvalue weighted by Crippen LogP contribution is -2.52. The number of amides is 3. The molecule has 0 radical (unpaired) electrons. The normalized spacial score (nSPS) is 20.6. The average molecular weight is 874 g/mol. The molecule has 5 aromatic rings. The molecular formula is C48H49F2N7O5S. The Morgan fingerprint density at radius 2 is 1.65 bits per heavy atom. The standard InChI is InChI=1S/C48H49F2N7O5S/c49-39-9-10-40(54-63(62)27-29-1-2-29)44(50)43(39)45(59)38-24-52-46-37(38)22-33(23-51-46)30-3-6-35(7-4-30)56-19-13-28(14-20-56)25-55-17-15-31(16-18-55)32-5-8-36-34(21-32)26-57(48(36)61)41-11-12-42(58)53-47(41)60/h3-10,21-24,28-29,31,41,54H,1-2,11-20,25-27H2,(H,51,52)(H,53,58,60)/t41-,63?/m0/s1. The molecule has 2 atom stereocenters. The quantitative estimate of drug-likeness (QED) is 0.0678. The number of pyridine rings is 1. The number of hydrogen-bond donors (Lipinski definition) is 3. The molecule has 63 heavy (non-hydrogen) atoms. The number of anilines is 2. The van der Waals surface area contributed by atoms with Crippen LogP contribution in [0.15, 0.2) is 73.1 Å². The van der Waals surface area contributed by atoms with Crippen LogP contribution in [-0.2, 0) is 27.5 Å². The topological polar surface area (TPSA) is 154 Å². The molecule has 0 spiro atoms. The minimum atomic E-state index is -1.54. The van der Waals surface area contributed by atoms with Crippen LogP contribution in [0.2, 0.25) is 0 Å². The Kier molecular flexibility index (Phi) is 11.3. The van der Waals surface area contributed by atoms with E-state index in [1.54, 1.807) is 11.1 Å². The van der Waals surface area contributed by atoms with Crippen LogP contribution in [0.4, 0.5) is 20.2 Å². The Hall–Kier alpha value is -5.64. The van der Waals surface area contributed by atoms with Gasteiger partial charge in [-0.2, -0.15) is 0 Å². The second kappa shape index (κ2) is 17.1. The molecule has 5 aliphatic rings. The van der Waals surface area contributed by atoms with Crippen molar-refractivity contribution >= 4 is 57.3 Å². The van der Waals surface area contributed by atoms with Crippen molar-refractivity contribution in [3.63, 3.8) is 0 Å². The van der Waals surface area contributed by atoms with Crippen molar-refractivity contribution in [3.05, 3.63) is 113 Å². The van der Waals surface area contributed by atoms with Gasteiger partial charge in [-0.15, -0.1) is 0 Å². The molecule has 4 aliphatic heterocycles. The number of rotatable bonds is 12. The van der Waals surface area contributed by atoms with Crippen molar-refractivity contribution < 1.29 is 32.5 Å². The summed E-state index contributed by atoms with van der Waals surface area (Å²) in [4.78, 5) is 65.1. The fourth-order valence-corrected chi connectivity index (χ4v) is 11.1. The van der Waals surface area contributed by atoms with Crippen molar-refractivity contribution in [2.45, 2.75) is 69.9 Å². The molecule has 6 heterocycles. The van der Waals surface area contributed by atoms with Gasteiger partial charge in [0.1, 0.15) is 28.9 Å². The van der Waals surface area contributed by atoms with Crippen molar-refractivity contribution in [3.8, 4) is 11.1 Å². The predicted molar refractivity (Wildman–Crippen MR) is 237 cm³/mol. The van der Waals surface area contributed by atoms with Gasteiger partial charge in [0.2, 0.25) is 17.6 Å². The zero-order valence-electron chi connectivity index (χ0n) is 34.8. The van der Waals surface area contributed by atoms with Crippen LogP contribution in [0, 0.1) is 23.5 Å². The summed E-state index contributed by atoms with van der Waals surface area (Å²) >= 11 is -1.54. The highest BCUT2D eigenvalue weighted by Crippen LogP contribution is 2.36. The molecule has 3 saturated heterocycles. The van der Waals surface area contributed by atoms with Gasteiger partial charge in [-0.05, 0) is 123 Å². The second-order valence-electron chi connectivity index (χ2n) is 17.9. The van der Waals surface area contributed by atoms with Gasteiger partial charge < -0.3 is 24.2 Å². The number of carbonyl (C=O) groups is 4. The predicted octanol–water partition coefficient (Wildman–Crippen LogP) is 7.08. The molecule has 12 nitrogen and oxygen atoms in total. The fourth-order valence-electron chi connectivity index (χ4n) is 9.89. The SMILES string of the molecule is O=C1CC[C@H](N2Cc3cc(C4CCN(CC5CCN(c6ccc(-c7cnc8[nH]cc(C(=O)c9c(F)ccc(N[S+]([O-])CC%10CC%10)c9F)c8c7)cc6)CC5)CC4)ccc3C2=O)C(=O)N1. The molecule has 15 heteroatoms. The number of imide groups is 1. The summed E-state index contributed by atoms with van der Waals surface area (Å²) < 4.78 is 45.8. The highest BCUT2D eigenvalue weighted by atomic mass is 32.2. The summed E-state index contributed by atoms with van der Waals surface area (Å²) in [6, 6.07) is 17.8. The van der Waals surface area contributed by atoms with Gasteiger partial charge in [0.15, 0.2) is 5.82 Å². The van der Waals surface area contributed by atoms with Crippen LogP contribution in [-0.4, -0.2) is 92.3 Å². The number of benzene rings is 3. The Labute approximate surface area is 367 Å². The molecule has 3 amide bonds. The number of halogens is 2. The number of piperidine rings is 3. The maximum absolute atomic E-state index is 15.6. The first-order chi connectivity index (χ1) is 30.6. The molecule has 3 aromatic carbocycles. The molecule has 10 rings (SSSR count). The van der Waals surface area contributed by atoms with Crippen LogP contribution in [0.25, 0.3) is 22.2 Å². The van der Waals surface area contributed by atoms with Crippen molar-refractivity contribution in [2.75, 3.05) is 48.1 Å². The number of hydrogen-bond acceptors (Lipinski definition) is 9. The summed E-state index contributed by atoms with van der Waals surface area (Å²) in [5.41, 5.74) is 5.32. The lowest BCUT2D eigenvalue weighted by Gasteiger charge is -2.38. The van der Waals surface area contributed by atoms with Gasteiger partial charge in [-0.1, -0.05) is 24.3 Å². The number of nitrogens with one attached hydrogen (secondary N) is 3. The number of aromatic amines is 1. The first-order valence-electron chi connectivity index (χ1n) is 22.1. The van der Waals surface area contributed by atoms with E-state index < -0.39 is 40.4 Å². The lowest BCUT2D eigenvalue weighted by molar-refractivity contribution is -0.136. The monoisotopic (exact) mass is 873 g/mol. The first kappa shape index (κ1) is 41.4. The van der Waals surface area contributed by atoms with Crippen LogP contribution < -0.4 is 14.9 Å². The largest absolute Gasteiger partial charge is 0.593 e. The third-order valence-corrected chi connectivity index (χ3v) is 14.9. The van der Waals surface area contributed by atoms with Crippen molar-refractivity contribution in [1.82, 2.24) is 25.1 Å². The zero-order chi connectivity index (χ0) is 43.4. The highest BCUT2D eigenvalue weighted by Gasteiger charge is 2.39. The van der Waals surface area contributed by atoms with Crippen molar-refractivity contribution in [1.29, 1.82) is 0 Å². The van der Waals surface area contributed by atoms with Crippen LogP contribution in [0.5, 0.6) is 0 Å².